The van der Waals surface area contributed by atoms with E-state index in [9.17, 15) is 9.18 Å². The van der Waals surface area contributed by atoms with E-state index < -0.39 is 5.82 Å². The Morgan fingerprint density at radius 1 is 1.29 bits per heavy atom. The normalized spacial score (nSPS) is 11.1. The Hall–Kier alpha value is -2.51. The standard InChI is InChI=1S/C16H12ClFN4OS/c1-2-3-14(23)22-16-20-12-6-7-13(21-15(12)24-16)19-11-5-4-9(17)8-10(11)18/h2-8H,1H3,(H,19,21)(H,20,22,23)/b3-2+. The summed E-state index contributed by atoms with van der Waals surface area (Å²) < 4.78 is 13.8. The van der Waals surface area contributed by atoms with Crippen LogP contribution >= 0.6 is 22.9 Å². The second kappa shape index (κ2) is 6.94. The average molecular weight is 363 g/mol. The van der Waals surface area contributed by atoms with Gasteiger partial charge in [-0.3, -0.25) is 10.1 Å². The quantitative estimate of drug-likeness (QED) is 0.658. The molecule has 3 aromatic rings. The zero-order valence-electron chi connectivity index (χ0n) is 12.5. The minimum atomic E-state index is -0.465. The fraction of sp³-hybridized carbons (Fsp3) is 0.0625. The predicted octanol–water partition coefficient (Wildman–Crippen LogP) is 4.74. The summed E-state index contributed by atoms with van der Waals surface area (Å²) in [7, 11) is 0. The molecule has 0 saturated heterocycles. The number of fused-ring (bicyclic) bond motifs is 1. The number of allylic oxidation sites excluding steroid dienone is 1. The summed E-state index contributed by atoms with van der Waals surface area (Å²) in [6.07, 6.45) is 3.05. The van der Waals surface area contributed by atoms with Gasteiger partial charge in [-0.25, -0.2) is 14.4 Å². The van der Waals surface area contributed by atoms with Gasteiger partial charge in [0.15, 0.2) is 5.13 Å². The van der Waals surface area contributed by atoms with Crippen LogP contribution in [0.3, 0.4) is 0 Å². The van der Waals surface area contributed by atoms with Crippen molar-refractivity contribution in [3.63, 3.8) is 0 Å². The van der Waals surface area contributed by atoms with Crippen molar-refractivity contribution < 1.29 is 9.18 Å². The molecule has 122 valence electrons. The van der Waals surface area contributed by atoms with Crippen LogP contribution in [0.15, 0.2) is 42.5 Å². The Morgan fingerprint density at radius 3 is 2.88 bits per heavy atom. The highest BCUT2D eigenvalue weighted by Gasteiger charge is 2.09. The lowest BCUT2D eigenvalue weighted by molar-refractivity contribution is -0.111. The van der Waals surface area contributed by atoms with Gasteiger partial charge in [-0.2, -0.15) is 0 Å². The van der Waals surface area contributed by atoms with Gasteiger partial charge in [-0.1, -0.05) is 29.0 Å². The number of amides is 1. The largest absolute Gasteiger partial charge is 0.338 e. The van der Waals surface area contributed by atoms with Gasteiger partial charge < -0.3 is 5.32 Å². The van der Waals surface area contributed by atoms with Crippen molar-refractivity contribution in [1.29, 1.82) is 0 Å². The summed E-state index contributed by atoms with van der Waals surface area (Å²) in [6.45, 7) is 1.76. The van der Waals surface area contributed by atoms with Gasteiger partial charge in [0.05, 0.1) is 5.69 Å². The Morgan fingerprint density at radius 2 is 2.12 bits per heavy atom. The van der Waals surface area contributed by atoms with E-state index >= 15 is 0 Å². The lowest BCUT2D eigenvalue weighted by atomic mass is 10.3. The van der Waals surface area contributed by atoms with Crippen LogP contribution in [0, 0.1) is 5.82 Å². The summed E-state index contributed by atoms with van der Waals surface area (Å²) in [5, 5.41) is 6.34. The lowest BCUT2D eigenvalue weighted by Crippen LogP contribution is -2.06. The monoisotopic (exact) mass is 362 g/mol. The molecule has 0 radical (unpaired) electrons. The van der Waals surface area contributed by atoms with Gasteiger partial charge in [0.1, 0.15) is 22.0 Å². The van der Waals surface area contributed by atoms with Crippen LogP contribution in [0.25, 0.3) is 10.3 Å². The zero-order valence-corrected chi connectivity index (χ0v) is 14.1. The molecule has 0 saturated carbocycles. The summed E-state index contributed by atoms with van der Waals surface area (Å²) in [5.41, 5.74) is 0.926. The van der Waals surface area contributed by atoms with E-state index in [0.717, 1.165) is 0 Å². The highest BCUT2D eigenvalue weighted by atomic mass is 35.5. The Balaban J connectivity index is 1.84. The van der Waals surface area contributed by atoms with E-state index in [-0.39, 0.29) is 11.6 Å². The first-order chi connectivity index (χ1) is 11.5. The Kier molecular flexibility index (Phi) is 4.73. The molecule has 3 rings (SSSR count). The maximum atomic E-state index is 13.8. The van der Waals surface area contributed by atoms with Gasteiger partial charge in [-0.15, -0.1) is 0 Å². The first-order valence-corrected chi connectivity index (χ1v) is 8.18. The molecule has 24 heavy (non-hydrogen) atoms. The molecule has 5 nitrogen and oxygen atoms in total. The fourth-order valence-corrected chi connectivity index (χ4v) is 2.97. The van der Waals surface area contributed by atoms with E-state index in [0.29, 0.717) is 26.3 Å². The van der Waals surface area contributed by atoms with Gasteiger partial charge in [0.25, 0.3) is 0 Å². The molecular formula is C16H12ClFN4OS. The summed E-state index contributed by atoms with van der Waals surface area (Å²) >= 11 is 6.98. The number of aromatic nitrogens is 2. The predicted molar refractivity (Wildman–Crippen MR) is 95.6 cm³/mol. The topological polar surface area (TPSA) is 66.9 Å². The number of carbonyl (C=O) groups is 1. The highest BCUT2D eigenvalue weighted by molar-refractivity contribution is 7.22. The summed E-state index contributed by atoms with van der Waals surface area (Å²) in [6, 6.07) is 7.80. The molecular weight excluding hydrogens is 351 g/mol. The number of hydrogen-bond acceptors (Lipinski definition) is 5. The molecule has 2 heterocycles. The van der Waals surface area contributed by atoms with E-state index in [1.807, 2.05) is 0 Å². The molecule has 2 N–H and O–H groups in total. The molecule has 8 heteroatoms. The lowest BCUT2D eigenvalue weighted by Gasteiger charge is -2.06. The third kappa shape index (κ3) is 3.69. The number of hydrogen-bond donors (Lipinski definition) is 2. The minimum absolute atomic E-state index is 0.252. The number of pyridine rings is 1. The maximum absolute atomic E-state index is 13.8. The second-order valence-electron chi connectivity index (χ2n) is 4.78. The van der Waals surface area contributed by atoms with Crippen LogP contribution in [0.4, 0.5) is 21.0 Å². The number of rotatable bonds is 4. The number of nitrogens with one attached hydrogen (secondary N) is 2. The summed E-state index contributed by atoms with van der Waals surface area (Å²) in [5.74, 6) is -0.246. The molecule has 0 atom stereocenters. The summed E-state index contributed by atoms with van der Waals surface area (Å²) in [4.78, 5) is 20.8. The van der Waals surface area contributed by atoms with Crippen molar-refractivity contribution in [3.8, 4) is 0 Å². The molecule has 0 spiro atoms. The Bertz CT molecular complexity index is 941. The number of anilines is 3. The number of halogens is 2. The van der Waals surface area contributed by atoms with E-state index in [1.54, 1.807) is 37.3 Å². The first-order valence-electron chi connectivity index (χ1n) is 6.98. The van der Waals surface area contributed by atoms with E-state index in [2.05, 4.69) is 20.6 Å². The van der Waals surface area contributed by atoms with Crippen LogP contribution in [-0.4, -0.2) is 15.9 Å². The first kappa shape index (κ1) is 16.4. The van der Waals surface area contributed by atoms with E-state index in [4.69, 9.17) is 11.6 Å². The van der Waals surface area contributed by atoms with Crippen molar-refractivity contribution in [1.82, 2.24) is 9.97 Å². The molecule has 0 fully saturated rings. The number of benzene rings is 1. The molecule has 0 unspecified atom stereocenters. The third-order valence-electron chi connectivity index (χ3n) is 3.00. The van der Waals surface area contributed by atoms with Gasteiger partial charge in [0, 0.05) is 5.02 Å². The van der Waals surface area contributed by atoms with Crippen molar-refractivity contribution in [2.75, 3.05) is 10.6 Å². The van der Waals surface area contributed by atoms with Crippen molar-refractivity contribution in [2.24, 2.45) is 0 Å². The number of thiazole rings is 1. The van der Waals surface area contributed by atoms with Gasteiger partial charge in [0.2, 0.25) is 5.91 Å². The van der Waals surface area contributed by atoms with Crippen molar-refractivity contribution >= 4 is 55.8 Å². The molecule has 2 aromatic heterocycles. The Labute approximate surface area is 146 Å². The smallest absolute Gasteiger partial charge is 0.249 e. The SMILES string of the molecule is C/C=C/C(=O)Nc1nc2ccc(Nc3ccc(Cl)cc3F)nc2s1. The minimum Gasteiger partial charge on any atom is -0.338 e. The van der Waals surface area contributed by atoms with Crippen LogP contribution in [0.2, 0.25) is 5.02 Å². The molecule has 0 aliphatic carbocycles. The van der Waals surface area contributed by atoms with Gasteiger partial charge in [-0.05, 0) is 43.3 Å². The van der Waals surface area contributed by atoms with Crippen LogP contribution in [0.1, 0.15) is 6.92 Å². The third-order valence-corrected chi connectivity index (χ3v) is 4.11. The molecule has 0 bridgehead atoms. The average Bonchev–Trinajstić information content (AvgIpc) is 2.91. The molecule has 1 amide bonds. The second-order valence-corrected chi connectivity index (χ2v) is 6.19. The molecule has 1 aromatic carbocycles. The molecule has 0 aliphatic heterocycles. The van der Waals surface area contributed by atoms with Crippen molar-refractivity contribution in [3.05, 3.63) is 53.3 Å². The van der Waals surface area contributed by atoms with Crippen LogP contribution < -0.4 is 10.6 Å². The highest BCUT2D eigenvalue weighted by Crippen LogP contribution is 2.27. The van der Waals surface area contributed by atoms with Crippen LogP contribution in [0.5, 0.6) is 0 Å². The van der Waals surface area contributed by atoms with Gasteiger partial charge >= 0.3 is 0 Å². The molecule has 0 aliphatic rings. The maximum Gasteiger partial charge on any atom is 0.249 e. The fourth-order valence-electron chi connectivity index (χ4n) is 1.97. The number of nitrogens with zero attached hydrogens (tertiary/aromatic N) is 2. The van der Waals surface area contributed by atoms with Crippen LogP contribution in [-0.2, 0) is 4.79 Å². The van der Waals surface area contributed by atoms with E-state index in [1.165, 1.54) is 23.5 Å². The van der Waals surface area contributed by atoms with Crippen molar-refractivity contribution in [2.45, 2.75) is 6.92 Å². The zero-order chi connectivity index (χ0) is 17.1. The number of carbonyl (C=O) groups excluding carboxylic acids is 1.